The zero-order chi connectivity index (χ0) is 19.3. The van der Waals surface area contributed by atoms with Crippen molar-refractivity contribution in [1.82, 2.24) is 4.90 Å². The molecular weight excluding hydrogens is 356 g/mol. The van der Waals surface area contributed by atoms with E-state index in [-0.39, 0.29) is 23.7 Å². The van der Waals surface area contributed by atoms with E-state index in [0.717, 1.165) is 12.2 Å². The highest BCUT2D eigenvalue weighted by Crippen LogP contribution is 2.32. The summed E-state index contributed by atoms with van der Waals surface area (Å²) in [4.78, 5) is 36.8. The lowest BCUT2D eigenvalue weighted by molar-refractivity contribution is -0.387. The molecule has 7 nitrogen and oxygen atoms in total. The number of hydrogen-bond donors (Lipinski definition) is 1. The molecular formula is C18H24N2O5S. The number of nitrogens with zero attached hydrogens (tertiary/aromatic N) is 2. The molecule has 142 valence electrons. The minimum atomic E-state index is -0.912. The first-order valence-corrected chi connectivity index (χ1v) is 9.71. The Hall–Kier alpha value is -2.09. The van der Waals surface area contributed by atoms with Crippen molar-refractivity contribution in [2.75, 3.05) is 18.8 Å². The van der Waals surface area contributed by atoms with Gasteiger partial charge in [-0.1, -0.05) is 13.8 Å². The van der Waals surface area contributed by atoms with Gasteiger partial charge in [-0.15, -0.1) is 11.8 Å². The highest BCUT2D eigenvalue weighted by molar-refractivity contribution is 7.99. The molecule has 1 aliphatic heterocycles. The summed E-state index contributed by atoms with van der Waals surface area (Å²) in [6, 6.07) is 4.52. The van der Waals surface area contributed by atoms with Crippen LogP contribution in [0, 0.1) is 22.0 Å². The lowest BCUT2D eigenvalue weighted by atomic mass is 9.97. The van der Waals surface area contributed by atoms with Gasteiger partial charge in [0.05, 0.1) is 15.7 Å². The Morgan fingerprint density at radius 2 is 2.15 bits per heavy atom. The van der Waals surface area contributed by atoms with Crippen molar-refractivity contribution in [3.8, 4) is 0 Å². The van der Waals surface area contributed by atoms with Gasteiger partial charge < -0.3 is 10.0 Å². The molecule has 1 saturated heterocycles. The van der Waals surface area contributed by atoms with Gasteiger partial charge in [0, 0.05) is 24.7 Å². The maximum Gasteiger partial charge on any atom is 0.308 e. The molecule has 8 heteroatoms. The molecule has 1 atom stereocenters. The maximum absolute atomic E-state index is 12.7. The number of amides is 1. The number of likely N-dealkylation sites (tertiary alicyclic amines) is 1. The molecule has 0 spiro atoms. The number of piperidine rings is 1. The third-order valence-electron chi connectivity index (χ3n) is 4.41. The second-order valence-corrected chi connectivity index (χ2v) is 8.04. The molecule has 1 aliphatic rings. The maximum atomic E-state index is 12.7. The van der Waals surface area contributed by atoms with E-state index in [9.17, 15) is 19.7 Å². The fourth-order valence-electron chi connectivity index (χ4n) is 2.87. The normalized spacial score (nSPS) is 17.3. The number of carboxylic acid groups (broad SMARTS) is 1. The quantitative estimate of drug-likeness (QED) is 0.440. The summed E-state index contributed by atoms with van der Waals surface area (Å²) < 4.78 is 0. The molecule has 0 aromatic heterocycles. The smallest absolute Gasteiger partial charge is 0.308 e. The van der Waals surface area contributed by atoms with E-state index in [4.69, 9.17) is 5.11 Å². The number of aliphatic carboxylic acids is 1. The summed E-state index contributed by atoms with van der Waals surface area (Å²) >= 11 is 1.42. The Bertz CT molecular complexity index is 692. The van der Waals surface area contributed by atoms with E-state index < -0.39 is 16.8 Å². The van der Waals surface area contributed by atoms with E-state index in [1.54, 1.807) is 12.1 Å². The van der Waals surface area contributed by atoms with Gasteiger partial charge in [-0.05, 0) is 43.1 Å². The second-order valence-electron chi connectivity index (χ2n) is 6.90. The summed E-state index contributed by atoms with van der Waals surface area (Å²) in [5.74, 6) is -0.543. The summed E-state index contributed by atoms with van der Waals surface area (Å²) in [6.45, 7) is 4.81. The van der Waals surface area contributed by atoms with Crippen LogP contribution in [0.5, 0.6) is 0 Å². The molecule has 1 fully saturated rings. The van der Waals surface area contributed by atoms with Gasteiger partial charge in [-0.25, -0.2) is 0 Å². The van der Waals surface area contributed by atoms with Crippen molar-refractivity contribution in [3.05, 3.63) is 33.9 Å². The van der Waals surface area contributed by atoms with Crippen molar-refractivity contribution < 1.29 is 19.6 Å². The van der Waals surface area contributed by atoms with Crippen molar-refractivity contribution >= 4 is 29.3 Å². The van der Waals surface area contributed by atoms with Crippen LogP contribution in [0.4, 0.5) is 5.69 Å². The standard InChI is InChI=1S/C18H24N2O5S/c1-12(2)7-9-26-16-6-5-13(10-15(16)20(24)25)17(21)19-8-3-4-14(11-19)18(22)23/h5-6,10,12,14H,3-4,7-9,11H2,1-2H3,(H,22,23). The number of carboxylic acids is 1. The minimum Gasteiger partial charge on any atom is -0.481 e. The van der Waals surface area contributed by atoms with Crippen LogP contribution in [0.3, 0.4) is 0 Å². The number of rotatable bonds is 7. The molecule has 26 heavy (non-hydrogen) atoms. The van der Waals surface area contributed by atoms with Gasteiger partial charge >= 0.3 is 5.97 Å². The van der Waals surface area contributed by atoms with E-state index in [1.165, 1.54) is 22.7 Å². The monoisotopic (exact) mass is 380 g/mol. The lowest BCUT2D eigenvalue weighted by Crippen LogP contribution is -2.42. The van der Waals surface area contributed by atoms with Crippen LogP contribution in [-0.4, -0.2) is 45.6 Å². The number of carbonyl (C=O) groups is 2. The Balaban J connectivity index is 2.16. The molecule has 1 amide bonds. The second kappa shape index (κ2) is 9.02. The van der Waals surface area contributed by atoms with Crippen LogP contribution in [-0.2, 0) is 4.79 Å². The molecule has 1 N–H and O–H groups in total. The van der Waals surface area contributed by atoms with Crippen LogP contribution in [0.2, 0.25) is 0 Å². The van der Waals surface area contributed by atoms with Gasteiger partial charge in [0.2, 0.25) is 0 Å². The molecule has 1 unspecified atom stereocenters. The zero-order valence-corrected chi connectivity index (χ0v) is 15.8. The molecule has 2 rings (SSSR count). The van der Waals surface area contributed by atoms with Crippen molar-refractivity contribution in [3.63, 3.8) is 0 Å². The van der Waals surface area contributed by atoms with E-state index in [1.807, 2.05) is 0 Å². The van der Waals surface area contributed by atoms with Gasteiger partial charge in [0.1, 0.15) is 0 Å². The van der Waals surface area contributed by atoms with Gasteiger partial charge in [-0.3, -0.25) is 19.7 Å². The van der Waals surface area contributed by atoms with Gasteiger partial charge in [-0.2, -0.15) is 0 Å². The van der Waals surface area contributed by atoms with Gasteiger partial charge in [0.15, 0.2) is 0 Å². The predicted octanol–water partition coefficient (Wildman–Crippen LogP) is 3.67. The van der Waals surface area contributed by atoms with Crippen LogP contribution < -0.4 is 0 Å². The van der Waals surface area contributed by atoms with Crippen molar-refractivity contribution in [2.45, 2.75) is 38.0 Å². The first-order valence-electron chi connectivity index (χ1n) is 8.73. The highest BCUT2D eigenvalue weighted by atomic mass is 32.2. The summed E-state index contributed by atoms with van der Waals surface area (Å²) in [6.07, 6.45) is 2.12. The third-order valence-corrected chi connectivity index (χ3v) is 5.51. The van der Waals surface area contributed by atoms with Crippen molar-refractivity contribution in [1.29, 1.82) is 0 Å². The van der Waals surface area contributed by atoms with E-state index in [0.29, 0.717) is 30.2 Å². The molecule has 0 radical (unpaired) electrons. The van der Waals surface area contributed by atoms with Crippen LogP contribution >= 0.6 is 11.8 Å². The summed E-state index contributed by atoms with van der Waals surface area (Å²) in [5.41, 5.74) is 0.160. The third kappa shape index (κ3) is 5.20. The average molecular weight is 380 g/mol. The van der Waals surface area contributed by atoms with Crippen molar-refractivity contribution in [2.24, 2.45) is 11.8 Å². The fraction of sp³-hybridized carbons (Fsp3) is 0.556. The Morgan fingerprint density at radius 1 is 1.42 bits per heavy atom. The Labute approximate surface area is 156 Å². The number of nitro benzene ring substituents is 1. The SMILES string of the molecule is CC(C)CCSc1ccc(C(=O)N2CCCC(C(=O)O)C2)cc1[N+](=O)[O-]. The van der Waals surface area contributed by atoms with E-state index >= 15 is 0 Å². The van der Waals surface area contributed by atoms with Crippen LogP contribution in [0.25, 0.3) is 0 Å². The first kappa shape index (κ1) is 20.2. The molecule has 1 aromatic carbocycles. The fourth-order valence-corrected chi connectivity index (χ4v) is 4.12. The van der Waals surface area contributed by atoms with E-state index in [2.05, 4.69) is 13.8 Å². The predicted molar refractivity (Wildman–Crippen MR) is 99.5 cm³/mol. The number of carbonyl (C=O) groups excluding carboxylic acids is 1. The minimum absolute atomic E-state index is 0.0728. The lowest BCUT2D eigenvalue weighted by Gasteiger charge is -2.30. The topological polar surface area (TPSA) is 101 Å². The number of benzene rings is 1. The molecule has 0 aliphatic carbocycles. The van der Waals surface area contributed by atoms with Crippen LogP contribution in [0.15, 0.2) is 23.1 Å². The van der Waals surface area contributed by atoms with Gasteiger partial charge in [0.25, 0.3) is 11.6 Å². The Kier molecular flexibility index (Phi) is 7.02. The number of hydrogen-bond acceptors (Lipinski definition) is 5. The number of nitro groups is 1. The summed E-state index contributed by atoms with van der Waals surface area (Å²) in [5, 5.41) is 20.6. The average Bonchev–Trinajstić information content (AvgIpc) is 2.61. The number of thioether (sulfide) groups is 1. The highest BCUT2D eigenvalue weighted by Gasteiger charge is 2.29. The first-order chi connectivity index (χ1) is 12.3. The van der Waals surface area contributed by atoms with Crippen LogP contribution in [0.1, 0.15) is 43.5 Å². The zero-order valence-electron chi connectivity index (χ0n) is 15.0. The molecule has 0 bridgehead atoms. The Morgan fingerprint density at radius 3 is 2.77 bits per heavy atom. The molecule has 1 heterocycles. The summed E-state index contributed by atoms with van der Waals surface area (Å²) in [7, 11) is 0. The molecule has 1 aromatic rings. The largest absolute Gasteiger partial charge is 0.481 e. The molecule has 0 saturated carbocycles.